The van der Waals surface area contributed by atoms with E-state index in [0.29, 0.717) is 22.5 Å². The van der Waals surface area contributed by atoms with Gasteiger partial charge in [0.1, 0.15) is 11.9 Å². The minimum atomic E-state index is -1.23. The molecule has 5 aromatic rings. The van der Waals surface area contributed by atoms with Crippen LogP contribution in [0.5, 0.6) is 0 Å². The summed E-state index contributed by atoms with van der Waals surface area (Å²) < 4.78 is 23.1. The van der Waals surface area contributed by atoms with E-state index in [9.17, 15) is 14.4 Å². The summed E-state index contributed by atoms with van der Waals surface area (Å²) in [7, 11) is 0. The molecule has 1 fully saturated rings. The second kappa shape index (κ2) is 17.1. The van der Waals surface area contributed by atoms with Crippen LogP contribution in [0.4, 0.5) is 4.39 Å². The van der Waals surface area contributed by atoms with Crippen molar-refractivity contribution in [3.63, 3.8) is 0 Å². The van der Waals surface area contributed by atoms with Gasteiger partial charge in [-0.3, -0.25) is 9.59 Å². The van der Waals surface area contributed by atoms with Crippen molar-refractivity contribution >= 4 is 17.8 Å². The first-order valence-electron chi connectivity index (χ1n) is 18.3. The van der Waals surface area contributed by atoms with Gasteiger partial charge in [-0.1, -0.05) is 117 Å². The van der Waals surface area contributed by atoms with Crippen molar-refractivity contribution in [3.05, 3.63) is 149 Å². The van der Waals surface area contributed by atoms with Crippen molar-refractivity contribution in [2.75, 3.05) is 6.61 Å². The number of nitrogens with zero attached hydrogens (tertiary/aromatic N) is 2. The Balaban J connectivity index is 1.44. The van der Waals surface area contributed by atoms with Crippen LogP contribution < -0.4 is 5.32 Å². The summed E-state index contributed by atoms with van der Waals surface area (Å²) in [6.45, 7) is 3.93. The molecule has 1 atom stereocenters. The first-order chi connectivity index (χ1) is 25.4. The average molecular weight is 700 g/mol. The van der Waals surface area contributed by atoms with Gasteiger partial charge in [-0.25, -0.2) is 9.18 Å². The molecular formula is C44H46FN3O4. The number of ether oxygens (including phenoxy) is 1. The Morgan fingerprint density at radius 2 is 1.48 bits per heavy atom. The summed E-state index contributed by atoms with van der Waals surface area (Å²) in [5, 5.41) is 3.23. The van der Waals surface area contributed by atoms with Gasteiger partial charge in [0.15, 0.2) is 0 Å². The second-order valence-electron chi connectivity index (χ2n) is 13.4. The highest BCUT2D eigenvalue weighted by Gasteiger charge is 2.35. The third-order valence-electron chi connectivity index (χ3n) is 9.83. The number of hydrogen-bond acceptors (Lipinski definition) is 4. The fraction of sp³-hybridized carbons (Fsp3) is 0.295. The first-order valence-corrected chi connectivity index (χ1v) is 18.3. The Morgan fingerprint density at radius 1 is 0.827 bits per heavy atom. The predicted molar refractivity (Wildman–Crippen MR) is 202 cm³/mol. The molecule has 1 aliphatic rings. The van der Waals surface area contributed by atoms with Crippen LogP contribution in [0.3, 0.4) is 0 Å². The van der Waals surface area contributed by atoms with Gasteiger partial charge in [-0.15, -0.1) is 0 Å². The molecule has 1 N–H and O–H groups in total. The molecule has 0 spiro atoms. The zero-order valence-electron chi connectivity index (χ0n) is 29.9. The Morgan fingerprint density at radius 3 is 2.17 bits per heavy atom. The number of halogens is 1. The molecule has 0 unspecified atom stereocenters. The molecule has 7 nitrogen and oxygen atoms in total. The van der Waals surface area contributed by atoms with E-state index in [2.05, 4.69) is 5.32 Å². The molecule has 1 saturated carbocycles. The van der Waals surface area contributed by atoms with E-state index in [1.165, 1.54) is 17.4 Å². The van der Waals surface area contributed by atoms with Gasteiger partial charge < -0.3 is 19.5 Å². The fourth-order valence-electron chi connectivity index (χ4n) is 7.21. The summed E-state index contributed by atoms with van der Waals surface area (Å²) in [4.78, 5) is 43.9. The number of benzene rings is 4. The quantitative estimate of drug-likeness (QED) is 0.139. The lowest BCUT2D eigenvalue weighted by atomic mass is 9.95. The number of nitrogens with one attached hydrogen (secondary N) is 1. The van der Waals surface area contributed by atoms with Crippen LogP contribution in [0.1, 0.15) is 95.4 Å². The van der Waals surface area contributed by atoms with Crippen LogP contribution in [-0.4, -0.2) is 39.9 Å². The van der Waals surface area contributed by atoms with Crippen LogP contribution >= 0.6 is 0 Å². The van der Waals surface area contributed by atoms with E-state index in [1.54, 1.807) is 43.3 Å². The van der Waals surface area contributed by atoms with E-state index in [1.807, 2.05) is 84.3 Å². The maximum atomic E-state index is 15.8. The summed E-state index contributed by atoms with van der Waals surface area (Å²) in [6.07, 6.45) is 7.14. The Kier molecular flexibility index (Phi) is 12.0. The molecule has 4 aromatic carbocycles. The van der Waals surface area contributed by atoms with E-state index in [4.69, 9.17) is 4.74 Å². The molecule has 6 rings (SSSR count). The third-order valence-corrected chi connectivity index (χ3v) is 9.83. The Labute approximate surface area is 305 Å². The highest BCUT2D eigenvalue weighted by atomic mass is 19.1. The summed E-state index contributed by atoms with van der Waals surface area (Å²) in [6, 6.07) is 33.0. The molecule has 0 saturated heterocycles. The van der Waals surface area contributed by atoms with Gasteiger partial charge in [0.25, 0.3) is 5.91 Å². The topological polar surface area (TPSA) is 80.6 Å². The standard InChI is InChI=1S/C44H46FN3O4/c1-3-52-44(51)38-29-40(33-20-11-8-12-21-33)48(31(38)2)36-25-17-22-34(28-36)43(50)47(30-32-18-9-7-10-19-32)41(37-26-15-16-27-39(37)45)42(49)46-35-23-13-5-4-6-14-24-35/h7-12,15-22,25-29,35,41H,3-6,13-14,23-24,30H2,1-2H3,(H,46,49)/t41-/m1/s1. The second-order valence-corrected chi connectivity index (χ2v) is 13.4. The summed E-state index contributed by atoms with van der Waals surface area (Å²) in [5.41, 5.74) is 4.64. The molecule has 8 heteroatoms. The van der Waals surface area contributed by atoms with Gasteiger partial charge in [-0.2, -0.15) is 0 Å². The smallest absolute Gasteiger partial charge is 0.339 e. The van der Waals surface area contributed by atoms with Crippen LogP contribution in [0, 0.1) is 12.7 Å². The third kappa shape index (κ3) is 8.34. The number of carbonyl (C=O) groups excluding carboxylic acids is 3. The van der Waals surface area contributed by atoms with E-state index >= 15 is 4.39 Å². The van der Waals surface area contributed by atoms with Crippen LogP contribution in [0.25, 0.3) is 16.9 Å². The van der Waals surface area contributed by atoms with Crippen molar-refractivity contribution < 1.29 is 23.5 Å². The zero-order valence-corrected chi connectivity index (χ0v) is 29.9. The van der Waals surface area contributed by atoms with Crippen molar-refractivity contribution in [2.45, 2.75) is 77.4 Å². The minimum absolute atomic E-state index is 0.0548. The molecule has 0 aliphatic heterocycles. The molecule has 0 bridgehead atoms. The normalized spacial score (nSPS) is 14.1. The monoisotopic (exact) mass is 699 g/mol. The summed E-state index contributed by atoms with van der Waals surface area (Å²) in [5.74, 6) is -1.81. The van der Waals surface area contributed by atoms with E-state index < -0.39 is 29.6 Å². The zero-order chi connectivity index (χ0) is 36.5. The highest BCUT2D eigenvalue weighted by molar-refractivity contribution is 5.99. The van der Waals surface area contributed by atoms with Gasteiger partial charge in [0, 0.05) is 35.1 Å². The van der Waals surface area contributed by atoms with Gasteiger partial charge in [0.05, 0.1) is 17.9 Å². The molecule has 1 aliphatic carbocycles. The van der Waals surface area contributed by atoms with E-state index in [0.717, 1.165) is 55.3 Å². The molecule has 1 heterocycles. The number of carbonyl (C=O) groups is 3. The largest absolute Gasteiger partial charge is 0.462 e. The highest BCUT2D eigenvalue weighted by Crippen LogP contribution is 2.33. The fourth-order valence-corrected chi connectivity index (χ4v) is 7.21. The lowest BCUT2D eigenvalue weighted by Gasteiger charge is -2.33. The van der Waals surface area contributed by atoms with Crippen molar-refractivity contribution in [2.24, 2.45) is 0 Å². The minimum Gasteiger partial charge on any atom is -0.462 e. The molecule has 1 aromatic heterocycles. The average Bonchev–Trinajstić information content (AvgIpc) is 3.50. The van der Waals surface area contributed by atoms with Crippen molar-refractivity contribution in [3.8, 4) is 16.9 Å². The first kappa shape index (κ1) is 36.3. The molecule has 52 heavy (non-hydrogen) atoms. The maximum absolute atomic E-state index is 15.8. The van der Waals surface area contributed by atoms with Crippen molar-refractivity contribution in [1.29, 1.82) is 0 Å². The lowest BCUT2D eigenvalue weighted by Crippen LogP contribution is -2.47. The Bertz CT molecular complexity index is 1980. The maximum Gasteiger partial charge on any atom is 0.339 e. The molecule has 2 amide bonds. The number of amides is 2. The van der Waals surface area contributed by atoms with Gasteiger partial charge in [-0.05, 0) is 68.1 Å². The van der Waals surface area contributed by atoms with Crippen molar-refractivity contribution in [1.82, 2.24) is 14.8 Å². The number of rotatable bonds is 11. The van der Waals surface area contributed by atoms with E-state index in [-0.39, 0.29) is 24.8 Å². The summed E-state index contributed by atoms with van der Waals surface area (Å²) >= 11 is 0. The Hall–Kier alpha value is -5.50. The van der Waals surface area contributed by atoms with Crippen LogP contribution in [0.15, 0.2) is 115 Å². The lowest BCUT2D eigenvalue weighted by molar-refractivity contribution is -0.127. The SMILES string of the molecule is CCOC(=O)c1cc(-c2ccccc2)n(-c2cccc(C(=O)N(Cc3ccccc3)[C@@H](C(=O)NC3CCCCCCC3)c3ccccc3F)c2)c1C. The number of aromatic nitrogens is 1. The molecule has 268 valence electrons. The molecule has 0 radical (unpaired) electrons. The van der Waals surface area contributed by atoms with Crippen LogP contribution in [0.2, 0.25) is 0 Å². The van der Waals surface area contributed by atoms with Gasteiger partial charge >= 0.3 is 5.97 Å². The van der Waals surface area contributed by atoms with Gasteiger partial charge in [0.2, 0.25) is 5.91 Å². The van der Waals surface area contributed by atoms with Crippen LogP contribution in [-0.2, 0) is 16.1 Å². The molecular weight excluding hydrogens is 653 g/mol. The number of esters is 1. The number of hydrogen-bond donors (Lipinski definition) is 1. The predicted octanol–water partition coefficient (Wildman–Crippen LogP) is 9.38.